The van der Waals surface area contributed by atoms with E-state index in [0.717, 1.165) is 18.6 Å². The Morgan fingerprint density at radius 2 is 2.14 bits per heavy atom. The Morgan fingerprint density at radius 1 is 1.29 bits per heavy atom. The molecule has 2 aromatic heterocycles. The van der Waals surface area contributed by atoms with Gasteiger partial charge in [-0.05, 0) is 12.8 Å². The quantitative estimate of drug-likeness (QED) is 0.676. The molecule has 0 saturated carbocycles. The zero-order valence-corrected chi connectivity index (χ0v) is 7.68. The second-order valence-corrected chi connectivity index (χ2v) is 3.40. The molecular weight excluding hydrogens is 180 g/mol. The van der Waals surface area contributed by atoms with Crippen LogP contribution in [0.1, 0.15) is 12.8 Å². The molecule has 5 nitrogen and oxygen atoms in total. The van der Waals surface area contributed by atoms with Crippen LogP contribution in [-0.2, 0) is 0 Å². The van der Waals surface area contributed by atoms with Crippen LogP contribution in [0.4, 0.5) is 6.01 Å². The highest BCUT2D eigenvalue weighted by Crippen LogP contribution is 2.22. The van der Waals surface area contributed by atoms with Crippen LogP contribution in [0.2, 0.25) is 0 Å². The maximum absolute atomic E-state index is 5.52. The van der Waals surface area contributed by atoms with Gasteiger partial charge in [0.05, 0.1) is 6.20 Å². The molecule has 2 aromatic rings. The normalized spacial score (nSPS) is 16.7. The average Bonchev–Trinajstić information content (AvgIpc) is 2.86. The van der Waals surface area contributed by atoms with Crippen molar-refractivity contribution in [3.05, 3.63) is 12.5 Å². The molecule has 1 fully saturated rings. The first kappa shape index (κ1) is 7.73. The molecule has 0 bridgehead atoms. The summed E-state index contributed by atoms with van der Waals surface area (Å²) in [5, 5.41) is 0. The second-order valence-electron chi connectivity index (χ2n) is 3.40. The van der Waals surface area contributed by atoms with Crippen molar-refractivity contribution in [2.75, 3.05) is 18.0 Å². The third-order valence-electron chi connectivity index (χ3n) is 2.44. The molecule has 3 rings (SSSR count). The molecule has 3 heterocycles. The molecule has 1 aliphatic heterocycles. The van der Waals surface area contributed by atoms with Crippen LogP contribution in [0.25, 0.3) is 11.2 Å². The lowest BCUT2D eigenvalue weighted by Crippen LogP contribution is -2.17. The van der Waals surface area contributed by atoms with Gasteiger partial charge in [-0.15, -0.1) is 0 Å². The minimum atomic E-state index is 0.571. The van der Waals surface area contributed by atoms with E-state index in [4.69, 9.17) is 4.42 Å². The van der Waals surface area contributed by atoms with Gasteiger partial charge in [0.2, 0.25) is 0 Å². The summed E-state index contributed by atoms with van der Waals surface area (Å²) in [6, 6.07) is 0.679. The third kappa shape index (κ3) is 1.13. The Kier molecular flexibility index (Phi) is 1.62. The Labute approximate surface area is 80.8 Å². The second kappa shape index (κ2) is 2.94. The number of nitrogens with zero attached hydrogens (tertiary/aromatic N) is 4. The van der Waals surface area contributed by atoms with Crippen molar-refractivity contribution in [1.29, 1.82) is 0 Å². The van der Waals surface area contributed by atoms with E-state index in [1.807, 2.05) is 0 Å². The molecular formula is C9H10N4O. The van der Waals surface area contributed by atoms with Crippen LogP contribution >= 0.6 is 0 Å². The van der Waals surface area contributed by atoms with Gasteiger partial charge in [0.25, 0.3) is 11.7 Å². The third-order valence-corrected chi connectivity index (χ3v) is 2.44. The molecule has 1 saturated heterocycles. The molecule has 72 valence electrons. The van der Waals surface area contributed by atoms with Crippen molar-refractivity contribution in [2.24, 2.45) is 0 Å². The summed E-state index contributed by atoms with van der Waals surface area (Å²) in [5.41, 5.74) is 1.30. The van der Waals surface area contributed by atoms with Crippen molar-refractivity contribution in [2.45, 2.75) is 12.8 Å². The monoisotopic (exact) mass is 190 g/mol. The maximum Gasteiger partial charge on any atom is 0.299 e. The largest absolute Gasteiger partial charge is 0.404 e. The molecule has 5 heteroatoms. The molecule has 14 heavy (non-hydrogen) atoms. The number of hydrogen-bond acceptors (Lipinski definition) is 5. The minimum absolute atomic E-state index is 0.571. The summed E-state index contributed by atoms with van der Waals surface area (Å²) < 4.78 is 5.52. The first-order valence-electron chi connectivity index (χ1n) is 4.75. The van der Waals surface area contributed by atoms with E-state index < -0.39 is 0 Å². The van der Waals surface area contributed by atoms with Crippen molar-refractivity contribution in [3.8, 4) is 0 Å². The predicted molar refractivity (Wildman–Crippen MR) is 51.0 cm³/mol. The minimum Gasteiger partial charge on any atom is -0.404 e. The van der Waals surface area contributed by atoms with Crippen molar-refractivity contribution in [1.82, 2.24) is 15.0 Å². The fourth-order valence-corrected chi connectivity index (χ4v) is 1.72. The van der Waals surface area contributed by atoms with Crippen LogP contribution in [0.15, 0.2) is 16.9 Å². The Hall–Kier alpha value is -1.65. The van der Waals surface area contributed by atoms with Crippen LogP contribution in [0, 0.1) is 0 Å². The first-order chi connectivity index (χ1) is 6.93. The van der Waals surface area contributed by atoms with E-state index in [1.165, 1.54) is 19.2 Å². The van der Waals surface area contributed by atoms with Crippen molar-refractivity contribution < 1.29 is 4.42 Å². The fourth-order valence-electron chi connectivity index (χ4n) is 1.72. The summed E-state index contributed by atoms with van der Waals surface area (Å²) in [4.78, 5) is 14.4. The lowest BCUT2D eigenvalue weighted by Gasteiger charge is -2.09. The zero-order valence-electron chi connectivity index (χ0n) is 7.68. The first-order valence-corrected chi connectivity index (χ1v) is 4.75. The summed E-state index contributed by atoms with van der Waals surface area (Å²) in [6.07, 6.45) is 5.57. The van der Waals surface area contributed by atoms with Gasteiger partial charge >= 0.3 is 0 Å². The molecule has 0 N–H and O–H groups in total. The molecule has 0 amide bonds. The van der Waals surface area contributed by atoms with Crippen molar-refractivity contribution in [3.63, 3.8) is 0 Å². The standard InChI is InChI=1S/C9H10N4O/c1-2-4-13(3-1)9-12-7-5-10-6-11-8(7)14-9/h5-6H,1-4H2. The highest BCUT2D eigenvalue weighted by Gasteiger charge is 2.18. The number of hydrogen-bond donors (Lipinski definition) is 0. The summed E-state index contributed by atoms with van der Waals surface area (Å²) in [7, 11) is 0. The van der Waals surface area contributed by atoms with Gasteiger partial charge < -0.3 is 9.32 Å². The molecule has 0 spiro atoms. The molecule has 1 aliphatic rings. The average molecular weight is 190 g/mol. The van der Waals surface area contributed by atoms with Crippen LogP contribution in [0.5, 0.6) is 0 Å². The Bertz CT molecular complexity index is 414. The maximum atomic E-state index is 5.52. The van der Waals surface area contributed by atoms with E-state index in [2.05, 4.69) is 19.9 Å². The van der Waals surface area contributed by atoms with E-state index in [9.17, 15) is 0 Å². The van der Waals surface area contributed by atoms with E-state index >= 15 is 0 Å². The van der Waals surface area contributed by atoms with Crippen molar-refractivity contribution >= 4 is 17.2 Å². The molecule has 0 unspecified atom stereocenters. The fraction of sp³-hybridized carbons (Fsp3) is 0.444. The molecule has 0 atom stereocenters. The van der Waals surface area contributed by atoms with Gasteiger partial charge in [-0.25, -0.2) is 4.98 Å². The predicted octanol–water partition coefficient (Wildman–Crippen LogP) is 1.22. The van der Waals surface area contributed by atoms with Gasteiger partial charge in [-0.3, -0.25) is 0 Å². The van der Waals surface area contributed by atoms with Gasteiger partial charge in [0, 0.05) is 13.1 Å². The van der Waals surface area contributed by atoms with Gasteiger partial charge in [0.1, 0.15) is 11.8 Å². The smallest absolute Gasteiger partial charge is 0.299 e. The Balaban J connectivity index is 2.05. The molecule has 0 aliphatic carbocycles. The summed E-state index contributed by atoms with van der Waals surface area (Å²) in [6.45, 7) is 2.06. The van der Waals surface area contributed by atoms with Crippen LogP contribution in [0.3, 0.4) is 0 Å². The summed E-state index contributed by atoms with van der Waals surface area (Å²) in [5.74, 6) is 0. The highest BCUT2D eigenvalue weighted by molar-refractivity contribution is 5.68. The topological polar surface area (TPSA) is 55.1 Å². The number of aromatic nitrogens is 3. The van der Waals surface area contributed by atoms with E-state index in [1.54, 1.807) is 6.20 Å². The van der Waals surface area contributed by atoms with E-state index in [0.29, 0.717) is 11.7 Å². The van der Waals surface area contributed by atoms with E-state index in [-0.39, 0.29) is 0 Å². The summed E-state index contributed by atoms with van der Waals surface area (Å²) >= 11 is 0. The Morgan fingerprint density at radius 3 is 2.93 bits per heavy atom. The molecule has 0 radical (unpaired) electrons. The van der Waals surface area contributed by atoms with Crippen LogP contribution < -0.4 is 4.90 Å². The molecule has 0 aromatic carbocycles. The van der Waals surface area contributed by atoms with Crippen LogP contribution in [-0.4, -0.2) is 28.0 Å². The number of anilines is 1. The van der Waals surface area contributed by atoms with Gasteiger partial charge in [-0.1, -0.05) is 0 Å². The number of rotatable bonds is 1. The lowest BCUT2D eigenvalue weighted by molar-refractivity contribution is 0.575. The lowest BCUT2D eigenvalue weighted by atomic mass is 10.4. The highest BCUT2D eigenvalue weighted by atomic mass is 16.4. The van der Waals surface area contributed by atoms with Gasteiger partial charge in [-0.2, -0.15) is 9.97 Å². The number of fused-ring (bicyclic) bond motifs is 1. The van der Waals surface area contributed by atoms with Gasteiger partial charge in [0.15, 0.2) is 0 Å². The number of oxazole rings is 1. The SMILES string of the molecule is c1ncc2nc(N3CCCC3)oc2n1. The zero-order chi connectivity index (χ0) is 9.38.